The molecular formula is C33H42N3O11PS. The number of hydrogen-bond acceptors (Lipinski definition) is 14. The summed E-state index contributed by atoms with van der Waals surface area (Å²) in [5, 5.41) is 6.60. The van der Waals surface area contributed by atoms with Gasteiger partial charge in [0.25, 0.3) is 0 Å². The predicted octanol–water partition coefficient (Wildman–Crippen LogP) is 1.86. The van der Waals surface area contributed by atoms with Crippen LogP contribution in [0.5, 0.6) is 0 Å². The number of rotatable bonds is 14. The average Bonchev–Trinajstić information content (AvgIpc) is 3.07. The third kappa shape index (κ3) is 11.0. The van der Waals surface area contributed by atoms with Gasteiger partial charge < -0.3 is 34.3 Å². The smallest absolute Gasteiger partial charge is 0.303 e. The van der Waals surface area contributed by atoms with Crippen LogP contribution in [0, 0.1) is 0 Å². The van der Waals surface area contributed by atoms with Gasteiger partial charge in [-0.3, -0.25) is 33.5 Å². The van der Waals surface area contributed by atoms with Gasteiger partial charge in [-0.2, -0.15) is 0 Å². The van der Waals surface area contributed by atoms with Crippen molar-refractivity contribution in [2.45, 2.75) is 70.8 Å². The fourth-order valence-electron chi connectivity index (χ4n) is 5.20. The van der Waals surface area contributed by atoms with Crippen LogP contribution in [-0.2, 0) is 52.5 Å². The van der Waals surface area contributed by atoms with E-state index in [1.807, 2.05) is 60.7 Å². The molecule has 1 fully saturated rings. The van der Waals surface area contributed by atoms with Gasteiger partial charge in [0.2, 0.25) is 5.91 Å². The Morgan fingerprint density at radius 3 is 1.76 bits per heavy atom. The van der Waals surface area contributed by atoms with Crippen LogP contribution in [0.15, 0.2) is 65.4 Å². The summed E-state index contributed by atoms with van der Waals surface area (Å²) in [4.78, 5) is 74.8. The van der Waals surface area contributed by atoms with Crippen molar-refractivity contribution in [1.82, 2.24) is 10.6 Å². The fourth-order valence-corrected chi connectivity index (χ4v) is 10.7. The summed E-state index contributed by atoms with van der Waals surface area (Å²) in [7, 11) is -0.0149. The number of esters is 4. The van der Waals surface area contributed by atoms with Crippen molar-refractivity contribution >= 4 is 64.3 Å². The minimum atomic E-state index is -3.09. The molecule has 3 unspecified atom stereocenters. The first kappa shape index (κ1) is 39.4. The Balaban J connectivity index is 2.29. The molecule has 1 aliphatic rings. The number of likely N-dealkylation sites (N-methyl/N-ethyl adjacent to an activating group) is 2. The highest BCUT2D eigenvalue weighted by Gasteiger charge is 2.53. The third-order valence-electron chi connectivity index (χ3n) is 7.34. The summed E-state index contributed by atoms with van der Waals surface area (Å²) in [6, 6.07) is 17.6. The molecule has 2 aromatic rings. The first-order valence-electron chi connectivity index (χ1n) is 15.4. The largest absolute Gasteiger partial charge is 0.463 e. The van der Waals surface area contributed by atoms with E-state index in [9.17, 15) is 28.8 Å². The lowest BCUT2D eigenvalue weighted by Crippen LogP contribution is -2.62. The molecule has 0 bridgehead atoms. The normalized spacial score (nSPS) is 21.0. The number of ether oxygens (including phenoxy) is 5. The van der Waals surface area contributed by atoms with Crippen LogP contribution >= 0.6 is 18.8 Å². The van der Waals surface area contributed by atoms with Crippen molar-refractivity contribution in [3.63, 3.8) is 0 Å². The SMILES string of the molecule is CNC(=O)[C@H](CC(=O)SCP(=N[C@@H]1OC(COC(C)=O)[C@@H](OC(C)=O)C(OC(C)=O)C1OC(C)=O)(c1ccccc1)c1ccccc1)NC. The fraction of sp³-hybridized carbons (Fsp3) is 0.455. The minimum absolute atomic E-state index is 0.108. The van der Waals surface area contributed by atoms with Gasteiger partial charge in [-0.15, -0.1) is 0 Å². The average molecular weight is 720 g/mol. The Morgan fingerprint density at radius 1 is 0.776 bits per heavy atom. The van der Waals surface area contributed by atoms with Gasteiger partial charge in [0, 0.05) is 53.7 Å². The van der Waals surface area contributed by atoms with E-state index < -0.39 is 74.2 Å². The maximum absolute atomic E-state index is 13.4. The lowest BCUT2D eigenvalue weighted by Gasteiger charge is -2.44. The van der Waals surface area contributed by atoms with Crippen molar-refractivity contribution < 1.29 is 52.5 Å². The van der Waals surface area contributed by atoms with Crippen LogP contribution in [0.1, 0.15) is 34.1 Å². The van der Waals surface area contributed by atoms with Crippen molar-refractivity contribution in [3.8, 4) is 0 Å². The third-order valence-corrected chi connectivity index (χ3v) is 12.8. The number of nitrogens with one attached hydrogen (secondary N) is 2. The summed E-state index contributed by atoms with van der Waals surface area (Å²) < 4.78 is 33.8. The van der Waals surface area contributed by atoms with E-state index in [-0.39, 0.29) is 22.9 Å². The Morgan fingerprint density at radius 2 is 1.29 bits per heavy atom. The van der Waals surface area contributed by atoms with Crippen LogP contribution in [0.25, 0.3) is 0 Å². The summed E-state index contributed by atoms with van der Waals surface area (Å²) in [5.41, 5.74) is 0.108. The maximum atomic E-state index is 13.4. The summed E-state index contributed by atoms with van der Waals surface area (Å²) in [6.45, 7) is 4.22. The summed E-state index contributed by atoms with van der Waals surface area (Å²) in [5.74, 6) is -3.27. The topological polar surface area (TPSA) is 185 Å². The van der Waals surface area contributed by atoms with Gasteiger partial charge in [-0.05, 0) is 17.7 Å². The van der Waals surface area contributed by atoms with E-state index in [4.69, 9.17) is 28.4 Å². The van der Waals surface area contributed by atoms with Crippen molar-refractivity contribution in [2.75, 3.05) is 26.2 Å². The van der Waals surface area contributed by atoms with Crippen LogP contribution in [0.2, 0.25) is 0 Å². The van der Waals surface area contributed by atoms with Crippen molar-refractivity contribution in [3.05, 3.63) is 60.7 Å². The lowest BCUT2D eigenvalue weighted by atomic mass is 9.97. The van der Waals surface area contributed by atoms with Crippen LogP contribution in [0.3, 0.4) is 0 Å². The summed E-state index contributed by atoms with van der Waals surface area (Å²) in [6.07, 6.45) is -6.88. The molecular weight excluding hydrogens is 677 g/mol. The monoisotopic (exact) mass is 719 g/mol. The number of hydrogen-bond donors (Lipinski definition) is 2. The molecule has 14 nitrogen and oxygen atoms in total. The number of benzene rings is 2. The molecule has 0 saturated carbocycles. The van der Waals surface area contributed by atoms with Gasteiger partial charge in [0.1, 0.15) is 12.7 Å². The Bertz CT molecular complexity index is 1500. The molecule has 0 spiro atoms. The lowest BCUT2D eigenvalue weighted by molar-refractivity contribution is -0.250. The molecule has 2 aromatic carbocycles. The predicted molar refractivity (Wildman–Crippen MR) is 182 cm³/mol. The molecule has 0 radical (unpaired) electrons. The van der Waals surface area contributed by atoms with E-state index in [1.165, 1.54) is 14.0 Å². The molecule has 1 amide bonds. The molecule has 49 heavy (non-hydrogen) atoms. The standard InChI is InChI=1S/C33H42N3O11PS/c1-20(37)43-18-27-29(44-21(2)38)30(45-22(3)39)31(46-23(4)40)33(47-27)36-48(24-13-9-7-10-14-24,25-15-11-8-12-16-25)19-49-28(41)17-26(34-5)32(42)35-6/h7-16,26-27,29-31,33-34H,17-19H2,1-6H3,(H,35,42)/t26-,27?,29+,30?,31?,33+/m0/s1. The molecule has 0 aromatic heterocycles. The highest BCUT2D eigenvalue weighted by molar-refractivity contribution is 8.19. The van der Waals surface area contributed by atoms with Crippen molar-refractivity contribution in [2.24, 2.45) is 4.74 Å². The van der Waals surface area contributed by atoms with Gasteiger partial charge >= 0.3 is 23.9 Å². The van der Waals surface area contributed by atoms with Crippen LogP contribution < -0.4 is 21.2 Å². The minimum Gasteiger partial charge on any atom is -0.463 e. The molecule has 16 heteroatoms. The van der Waals surface area contributed by atoms with Crippen LogP contribution in [-0.4, -0.2) is 97.8 Å². The number of thioether (sulfide) groups is 1. The molecule has 1 saturated heterocycles. The van der Waals surface area contributed by atoms with E-state index in [1.54, 1.807) is 7.05 Å². The van der Waals surface area contributed by atoms with Gasteiger partial charge in [0.05, 0.1) is 6.04 Å². The number of carbonyl (C=O) groups excluding carboxylic acids is 6. The zero-order valence-corrected chi connectivity index (χ0v) is 29.9. The highest BCUT2D eigenvalue weighted by atomic mass is 32.2. The molecule has 1 heterocycles. The zero-order chi connectivity index (χ0) is 36.1. The molecule has 2 N–H and O–H groups in total. The van der Waals surface area contributed by atoms with E-state index in [2.05, 4.69) is 10.6 Å². The van der Waals surface area contributed by atoms with Crippen LogP contribution in [0.4, 0.5) is 0 Å². The van der Waals surface area contributed by atoms with E-state index in [0.29, 0.717) is 0 Å². The second-order valence-corrected chi connectivity index (χ2v) is 15.5. The van der Waals surface area contributed by atoms with Gasteiger partial charge in [-0.25, -0.2) is 0 Å². The Labute approximate surface area is 289 Å². The van der Waals surface area contributed by atoms with E-state index >= 15 is 0 Å². The number of amides is 1. The van der Waals surface area contributed by atoms with Crippen molar-refractivity contribution in [1.29, 1.82) is 0 Å². The molecule has 6 atom stereocenters. The quantitative estimate of drug-likeness (QED) is 0.164. The Hall–Kier alpha value is -4.04. The first-order valence-corrected chi connectivity index (χ1v) is 18.3. The second-order valence-electron chi connectivity index (χ2n) is 11.0. The van der Waals surface area contributed by atoms with Gasteiger partial charge in [-0.1, -0.05) is 72.4 Å². The molecule has 0 aliphatic carbocycles. The maximum Gasteiger partial charge on any atom is 0.303 e. The molecule has 3 rings (SSSR count). The molecule has 266 valence electrons. The summed E-state index contributed by atoms with van der Waals surface area (Å²) >= 11 is 0.993. The number of carbonyl (C=O) groups is 6. The highest BCUT2D eigenvalue weighted by Crippen LogP contribution is 2.52. The molecule has 1 aliphatic heterocycles. The van der Waals surface area contributed by atoms with Gasteiger partial charge in [0.15, 0.2) is 29.7 Å². The first-order chi connectivity index (χ1) is 23.3. The second kappa shape index (κ2) is 18.6. The Kier molecular flexibility index (Phi) is 15.0. The van der Waals surface area contributed by atoms with E-state index in [0.717, 1.165) is 43.1 Å². The number of nitrogens with zero attached hydrogens (tertiary/aromatic N) is 1. The zero-order valence-electron chi connectivity index (χ0n) is 28.2.